The van der Waals surface area contributed by atoms with E-state index in [-0.39, 0.29) is 11.5 Å². The summed E-state index contributed by atoms with van der Waals surface area (Å²) >= 11 is 0. The Balaban J connectivity index is 1.87. The van der Waals surface area contributed by atoms with Crippen LogP contribution < -0.4 is 15.8 Å². The average Bonchev–Trinajstić information content (AvgIpc) is 2.99. The van der Waals surface area contributed by atoms with Gasteiger partial charge in [-0.1, -0.05) is 17.3 Å². The smallest absolute Gasteiger partial charge is 0.280 e. The third-order valence-electron chi connectivity index (χ3n) is 3.86. The van der Waals surface area contributed by atoms with Crippen LogP contribution in [0.4, 0.5) is 11.5 Å². The highest BCUT2D eigenvalue weighted by Crippen LogP contribution is 2.21. The average molecular weight is 337 g/mol. The Bertz CT molecular complexity index is 916. The molecule has 7 heteroatoms. The standard InChI is InChI=1S/C18H19N5O2/c1-11-4-5-12(2)15(10-11)23-17(19)16(21-22-23)18(24)20-13-6-8-14(25-3)9-7-13/h4-10H,19H2,1-3H3,(H,20,24). The van der Waals surface area contributed by atoms with E-state index in [0.717, 1.165) is 16.8 Å². The fourth-order valence-corrected chi connectivity index (χ4v) is 2.44. The van der Waals surface area contributed by atoms with Gasteiger partial charge >= 0.3 is 0 Å². The van der Waals surface area contributed by atoms with Crippen LogP contribution in [0.15, 0.2) is 42.5 Å². The first kappa shape index (κ1) is 16.5. The number of amides is 1. The Labute approximate surface area is 145 Å². The molecule has 0 saturated heterocycles. The second-order valence-corrected chi connectivity index (χ2v) is 5.71. The molecule has 0 aliphatic rings. The molecule has 7 nitrogen and oxygen atoms in total. The van der Waals surface area contributed by atoms with Gasteiger partial charge in [0, 0.05) is 5.69 Å². The molecule has 128 valence electrons. The molecular weight excluding hydrogens is 318 g/mol. The molecule has 0 bridgehead atoms. The molecule has 1 aromatic heterocycles. The number of aromatic nitrogens is 3. The van der Waals surface area contributed by atoms with Crippen LogP contribution in [0, 0.1) is 13.8 Å². The number of nitrogens with two attached hydrogens (primary N) is 1. The summed E-state index contributed by atoms with van der Waals surface area (Å²) in [5, 5.41) is 10.7. The lowest BCUT2D eigenvalue weighted by molar-refractivity contribution is 0.102. The van der Waals surface area contributed by atoms with Crippen LogP contribution in [0.25, 0.3) is 5.69 Å². The zero-order valence-electron chi connectivity index (χ0n) is 14.3. The number of methoxy groups -OCH3 is 1. The van der Waals surface area contributed by atoms with Gasteiger partial charge in [0.25, 0.3) is 5.91 Å². The van der Waals surface area contributed by atoms with E-state index in [1.807, 2.05) is 32.0 Å². The quantitative estimate of drug-likeness (QED) is 0.763. The molecule has 1 amide bonds. The number of nitrogens with zero attached hydrogens (tertiary/aromatic N) is 3. The van der Waals surface area contributed by atoms with Crippen molar-refractivity contribution in [2.45, 2.75) is 13.8 Å². The predicted octanol–water partition coefficient (Wildman–Crippen LogP) is 2.73. The van der Waals surface area contributed by atoms with Crippen molar-refractivity contribution in [2.75, 3.05) is 18.2 Å². The van der Waals surface area contributed by atoms with Crippen molar-refractivity contribution in [1.82, 2.24) is 15.0 Å². The summed E-state index contributed by atoms with van der Waals surface area (Å²) in [5.74, 6) is 0.484. The lowest BCUT2D eigenvalue weighted by atomic mass is 10.1. The second-order valence-electron chi connectivity index (χ2n) is 5.71. The first-order valence-electron chi connectivity index (χ1n) is 7.74. The van der Waals surface area contributed by atoms with Crippen LogP contribution >= 0.6 is 0 Å². The number of hydrogen-bond acceptors (Lipinski definition) is 5. The number of nitrogens with one attached hydrogen (secondary N) is 1. The zero-order valence-corrected chi connectivity index (χ0v) is 14.3. The molecule has 3 aromatic rings. The molecule has 3 N–H and O–H groups in total. The highest BCUT2D eigenvalue weighted by atomic mass is 16.5. The van der Waals surface area contributed by atoms with E-state index in [4.69, 9.17) is 10.5 Å². The van der Waals surface area contributed by atoms with Crippen molar-refractivity contribution in [1.29, 1.82) is 0 Å². The molecule has 0 radical (unpaired) electrons. The van der Waals surface area contributed by atoms with E-state index in [2.05, 4.69) is 15.6 Å². The molecule has 0 aliphatic carbocycles. The van der Waals surface area contributed by atoms with Crippen LogP contribution in [0.1, 0.15) is 21.6 Å². The Morgan fingerprint density at radius 2 is 1.88 bits per heavy atom. The van der Waals surface area contributed by atoms with E-state index in [0.29, 0.717) is 11.4 Å². The highest BCUT2D eigenvalue weighted by molar-refractivity contribution is 6.05. The molecule has 0 unspecified atom stereocenters. The third kappa shape index (κ3) is 3.30. The summed E-state index contributed by atoms with van der Waals surface area (Å²) in [6, 6.07) is 12.9. The fourth-order valence-electron chi connectivity index (χ4n) is 2.44. The Kier molecular flexibility index (Phi) is 4.38. The molecule has 3 rings (SSSR count). The van der Waals surface area contributed by atoms with Gasteiger partial charge in [0.05, 0.1) is 12.8 Å². The van der Waals surface area contributed by atoms with Crippen molar-refractivity contribution in [3.8, 4) is 11.4 Å². The van der Waals surface area contributed by atoms with Gasteiger partial charge in [-0.25, -0.2) is 0 Å². The Morgan fingerprint density at radius 3 is 2.56 bits per heavy atom. The summed E-state index contributed by atoms with van der Waals surface area (Å²) in [4.78, 5) is 12.4. The molecule has 0 aliphatic heterocycles. The van der Waals surface area contributed by atoms with Gasteiger partial charge in [-0.05, 0) is 55.3 Å². The summed E-state index contributed by atoms with van der Waals surface area (Å²) < 4.78 is 6.57. The van der Waals surface area contributed by atoms with Crippen LogP contribution in [-0.2, 0) is 0 Å². The summed E-state index contributed by atoms with van der Waals surface area (Å²) in [6.45, 7) is 3.93. The molecule has 0 saturated carbocycles. The van der Waals surface area contributed by atoms with Gasteiger partial charge in [-0.3, -0.25) is 4.79 Å². The Hall–Kier alpha value is -3.35. The lowest BCUT2D eigenvalue weighted by Gasteiger charge is -2.08. The maximum atomic E-state index is 12.4. The summed E-state index contributed by atoms with van der Waals surface area (Å²) in [5.41, 5.74) is 9.67. The highest BCUT2D eigenvalue weighted by Gasteiger charge is 2.19. The van der Waals surface area contributed by atoms with Crippen molar-refractivity contribution < 1.29 is 9.53 Å². The van der Waals surface area contributed by atoms with Crippen LogP contribution in [-0.4, -0.2) is 28.0 Å². The SMILES string of the molecule is COc1ccc(NC(=O)c2nnn(-c3cc(C)ccc3C)c2N)cc1. The molecule has 0 spiro atoms. The number of benzene rings is 2. The van der Waals surface area contributed by atoms with Crippen molar-refractivity contribution in [3.63, 3.8) is 0 Å². The van der Waals surface area contributed by atoms with E-state index >= 15 is 0 Å². The number of anilines is 2. The summed E-state index contributed by atoms with van der Waals surface area (Å²) in [7, 11) is 1.58. The minimum atomic E-state index is -0.417. The molecule has 25 heavy (non-hydrogen) atoms. The van der Waals surface area contributed by atoms with Gasteiger partial charge in [0.1, 0.15) is 5.75 Å². The van der Waals surface area contributed by atoms with E-state index in [1.54, 1.807) is 31.4 Å². The van der Waals surface area contributed by atoms with Crippen molar-refractivity contribution in [3.05, 3.63) is 59.3 Å². The summed E-state index contributed by atoms with van der Waals surface area (Å²) in [6.07, 6.45) is 0. The van der Waals surface area contributed by atoms with Gasteiger partial charge < -0.3 is 15.8 Å². The first-order chi connectivity index (χ1) is 12.0. The maximum absolute atomic E-state index is 12.4. The van der Waals surface area contributed by atoms with E-state index in [1.165, 1.54) is 4.68 Å². The number of carbonyl (C=O) groups excluding carboxylic acids is 1. The fraction of sp³-hybridized carbons (Fsp3) is 0.167. The number of aryl methyl sites for hydroxylation is 2. The number of nitrogen functional groups attached to an aromatic ring is 1. The third-order valence-corrected chi connectivity index (χ3v) is 3.86. The van der Waals surface area contributed by atoms with Crippen LogP contribution in [0.5, 0.6) is 5.75 Å². The van der Waals surface area contributed by atoms with Gasteiger partial charge in [-0.2, -0.15) is 4.68 Å². The monoisotopic (exact) mass is 337 g/mol. The number of rotatable bonds is 4. The van der Waals surface area contributed by atoms with Crippen molar-refractivity contribution in [2.24, 2.45) is 0 Å². The number of carbonyl (C=O) groups is 1. The minimum absolute atomic E-state index is 0.0803. The molecule has 1 heterocycles. The largest absolute Gasteiger partial charge is 0.497 e. The molecular formula is C18H19N5O2. The number of ether oxygens (including phenoxy) is 1. The van der Waals surface area contributed by atoms with Gasteiger partial charge in [0.15, 0.2) is 11.5 Å². The van der Waals surface area contributed by atoms with Gasteiger partial charge in [0.2, 0.25) is 0 Å². The van der Waals surface area contributed by atoms with Crippen LogP contribution in [0.3, 0.4) is 0 Å². The molecule has 2 aromatic carbocycles. The second kappa shape index (κ2) is 6.64. The number of hydrogen-bond donors (Lipinski definition) is 2. The minimum Gasteiger partial charge on any atom is -0.497 e. The topological polar surface area (TPSA) is 95.1 Å². The Morgan fingerprint density at radius 1 is 1.16 bits per heavy atom. The molecule has 0 atom stereocenters. The maximum Gasteiger partial charge on any atom is 0.280 e. The van der Waals surface area contributed by atoms with E-state index in [9.17, 15) is 4.79 Å². The lowest BCUT2D eigenvalue weighted by Crippen LogP contribution is -2.15. The zero-order chi connectivity index (χ0) is 18.0. The predicted molar refractivity (Wildman–Crippen MR) is 96.2 cm³/mol. The van der Waals surface area contributed by atoms with Gasteiger partial charge in [-0.15, -0.1) is 5.10 Å². The normalized spacial score (nSPS) is 10.5. The van der Waals surface area contributed by atoms with Crippen molar-refractivity contribution >= 4 is 17.4 Å². The first-order valence-corrected chi connectivity index (χ1v) is 7.74. The van der Waals surface area contributed by atoms with E-state index < -0.39 is 5.91 Å². The van der Waals surface area contributed by atoms with Crippen LogP contribution in [0.2, 0.25) is 0 Å². The molecule has 0 fully saturated rings.